The van der Waals surface area contributed by atoms with Crippen molar-refractivity contribution in [3.05, 3.63) is 10.1 Å². The van der Waals surface area contributed by atoms with E-state index in [1.807, 2.05) is 13.8 Å². The molecular formula is C6H8Br2N2O2S. The van der Waals surface area contributed by atoms with E-state index in [0.717, 1.165) is 0 Å². The first-order valence-corrected chi connectivity index (χ1v) is 6.09. The molecule has 74 valence electrons. The van der Waals surface area contributed by atoms with Crippen molar-refractivity contribution < 1.29 is 4.92 Å². The van der Waals surface area contributed by atoms with Crippen molar-refractivity contribution in [2.24, 2.45) is 4.99 Å². The minimum atomic E-state index is -1.40. The van der Waals surface area contributed by atoms with Crippen molar-refractivity contribution in [1.29, 1.82) is 0 Å². The molecule has 0 N–H and O–H groups in total. The van der Waals surface area contributed by atoms with Crippen molar-refractivity contribution >= 4 is 48.7 Å². The van der Waals surface area contributed by atoms with Gasteiger partial charge in [0, 0.05) is 37.1 Å². The number of hydrogen-bond donors (Lipinski definition) is 0. The van der Waals surface area contributed by atoms with Gasteiger partial charge in [0.15, 0.2) is 5.04 Å². The quantitative estimate of drug-likeness (QED) is 0.338. The summed E-state index contributed by atoms with van der Waals surface area (Å²) in [6.07, 6.45) is 0. The molecule has 2 atom stereocenters. The molecule has 0 saturated carbocycles. The maximum absolute atomic E-state index is 10.6. The van der Waals surface area contributed by atoms with Gasteiger partial charge in [-0.2, -0.15) is 0 Å². The first kappa shape index (κ1) is 11.5. The van der Waals surface area contributed by atoms with E-state index in [4.69, 9.17) is 0 Å². The average Bonchev–Trinajstić information content (AvgIpc) is 2.32. The second kappa shape index (κ2) is 3.86. The molecule has 1 aliphatic heterocycles. The number of alkyl halides is 2. The molecule has 1 rings (SSSR count). The number of halogens is 2. The summed E-state index contributed by atoms with van der Waals surface area (Å²) < 4.78 is -1.40. The lowest BCUT2D eigenvalue weighted by atomic mass is 10.3. The van der Waals surface area contributed by atoms with E-state index >= 15 is 0 Å². The number of nitrogens with zero attached hydrogens (tertiary/aromatic N) is 2. The summed E-state index contributed by atoms with van der Waals surface area (Å²) in [7, 11) is 0. The first-order chi connectivity index (χ1) is 5.85. The van der Waals surface area contributed by atoms with Crippen LogP contribution < -0.4 is 0 Å². The molecule has 0 bridgehead atoms. The van der Waals surface area contributed by atoms with Crippen molar-refractivity contribution in [1.82, 2.24) is 0 Å². The van der Waals surface area contributed by atoms with E-state index in [1.165, 1.54) is 11.8 Å². The van der Waals surface area contributed by atoms with E-state index in [-0.39, 0.29) is 6.04 Å². The molecule has 13 heavy (non-hydrogen) atoms. The van der Waals surface area contributed by atoms with Gasteiger partial charge in [-0.3, -0.25) is 15.1 Å². The van der Waals surface area contributed by atoms with E-state index in [9.17, 15) is 10.1 Å². The van der Waals surface area contributed by atoms with Gasteiger partial charge in [0.1, 0.15) is 0 Å². The van der Waals surface area contributed by atoms with E-state index in [1.54, 1.807) is 0 Å². The second-order valence-electron chi connectivity index (χ2n) is 2.80. The van der Waals surface area contributed by atoms with Crippen molar-refractivity contribution in [3.63, 3.8) is 0 Å². The minimum absolute atomic E-state index is 0.134. The lowest BCUT2D eigenvalue weighted by molar-refractivity contribution is -0.484. The fraction of sp³-hybridized carbons (Fsp3) is 0.833. The Morgan fingerprint density at radius 2 is 2.15 bits per heavy atom. The minimum Gasteiger partial charge on any atom is -0.270 e. The monoisotopic (exact) mass is 330 g/mol. The van der Waals surface area contributed by atoms with Gasteiger partial charge in [0.05, 0.1) is 11.0 Å². The number of nitro groups is 1. The van der Waals surface area contributed by atoms with Crippen LogP contribution in [-0.4, -0.2) is 24.6 Å². The molecule has 0 amide bonds. The summed E-state index contributed by atoms with van der Waals surface area (Å²) in [5.74, 6) is 0. The zero-order chi connectivity index (χ0) is 10.2. The van der Waals surface area contributed by atoms with Crippen LogP contribution in [0, 0.1) is 10.1 Å². The summed E-state index contributed by atoms with van der Waals surface area (Å²) in [5, 5.41) is 11.4. The molecule has 1 heterocycles. The Morgan fingerprint density at radius 3 is 2.46 bits per heavy atom. The lowest BCUT2D eigenvalue weighted by Crippen LogP contribution is -2.31. The van der Waals surface area contributed by atoms with Gasteiger partial charge in [-0.1, -0.05) is 18.7 Å². The molecular weight excluding hydrogens is 324 g/mol. The molecule has 1 aliphatic rings. The number of hydrogen-bond acceptors (Lipinski definition) is 4. The van der Waals surface area contributed by atoms with Crippen LogP contribution >= 0.6 is 43.6 Å². The van der Waals surface area contributed by atoms with Crippen LogP contribution in [0.4, 0.5) is 0 Å². The van der Waals surface area contributed by atoms with Crippen LogP contribution in [-0.2, 0) is 0 Å². The third kappa shape index (κ3) is 2.24. The van der Waals surface area contributed by atoms with Crippen molar-refractivity contribution in [3.8, 4) is 0 Å². The second-order valence-corrected chi connectivity index (χ2v) is 7.52. The molecule has 4 nitrogen and oxygen atoms in total. The lowest BCUT2D eigenvalue weighted by Gasteiger charge is -2.10. The largest absolute Gasteiger partial charge is 0.373 e. The van der Waals surface area contributed by atoms with Crippen LogP contribution in [0.5, 0.6) is 0 Å². The van der Waals surface area contributed by atoms with Gasteiger partial charge in [-0.15, -0.1) is 0 Å². The predicted molar refractivity (Wildman–Crippen MR) is 61.5 cm³/mol. The Balaban J connectivity index is 2.86. The number of thioether (sulfide) groups is 1. The summed E-state index contributed by atoms with van der Waals surface area (Å²) in [6.45, 7) is 3.95. The molecule has 0 aromatic rings. The Hall–Kier alpha value is 0.380. The highest BCUT2D eigenvalue weighted by Gasteiger charge is 2.47. The highest BCUT2D eigenvalue weighted by atomic mass is 79.9. The van der Waals surface area contributed by atoms with Gasteiger partial charge < -0.3 is 0 Å². The fourth-order valence-electron chi connectivity index (χ4n) is 0.822. The topological polar surface area (TPSA) is 55.5 Å². The Labute approximate surface area is 97.0 Å². The smallest absolute Gasteiger partial charge is 0.270 e. The normalized spacial score (nSPS) is 28.8. The van der Waals surface area contributed by atoms with Gasteiger partial charge in [-0.25, -0.2) is 0 Å². The van der Waals surface area contributed by atoms with E-state index in [2.05, 4.69) is 36.9 Å². The fourth-order valence-corrected chi connectivity index (χ4v) is 2.64. The maximum atomic E-state index is 10.6. The zero-order valence-electron chi connectivity index (χ0n) is 7.03. The SMILES string of the molecule is CC1N=C(C(Br)(Br)[N+](=O)[O-])SC1C. The third-order valence-corrected chi connectivity index (χ3v) is 5.03. The number of aliphatic imine (C=N–C) groups is 1. The summed E-state index contributed by atoms with van der Waals surface area (Å²) >= 11 is 7.41. The zero-order valence-corrected chi connectivity index (χ0v) is 11.0. The van der Waals surface area contributed by atoms with Crippen LogP contribution in [0.1, 0.15) is 13.8 Å². The van der Waals surface area contributed by atoms with Gasteiger partial charge in [-0.05, 0) is 6.92 Å². The van der Waals surface area contributed by atoms with Crippen LogP contribution in [0.15, 0.2) is 4.99 Å². The molecule has 0 radical (unpaired) electrons. The summed E-state index contributed by atoms with van der Waals surface area (Å²) in [6, 6.07) is 0.134. The molecule has 0 spiro atoms. The van der Waals surface area contributed by atoms with Crippen molar-refractivity contribution in [2.75, 3.05) is 0 Å². The Kier molecular flexibility index (Phi) is 3.40. The molecule has 0 aromatic carbocycles. The standard InChI is InChI=1S/C6H8Br2N2O2S/c1-3-4(2)13-5(9-3)6(7,8)10(11)12/h3-4H,1-2H3. The van der Waals surface area contributed by atoms with Gasteiger partial charge in [0.25, 0.3) is 0 Å². The van der Waals surface area contributed by atoms with Crippen LogP contribution in [0.3, 0.4) is 0 Å². The molecule has 7 heteroatoms. The Bertz CT molecular complexity index is 269. The molecule has 0 saturated heterocycles. The highest BCUT2D eigenvalue weighted by molar-refractivity contribution is 9.26. The molecule has 0 aromatic heterocycles. The van der Waals surface area contributed by atoms with Gasteiger partial charge >= 0.3 is 3.36 Å². The molecule has 0 fully saturated rings. The number of rotatable bonds is 2. The molecule has 0 aliphatic carbocycles. The first-order valence-electron chi connectivity index (χ1n) is 3.63. The van der Waals surface area contributed by atoms with E-state index < -0.39 is 8.28 Å². The third-order valence-electron chi connectivity index (χ3n) is 1.78. The van der Waals surface area contributed by atoms with Crippen LogP contribution in [0.2, 0.25) is 0 Å². The Morgan fingerprint density at radius 1 is 1.62 bits per heavy atom. The van der Waals surface area contributed by atoms with Crippen molar-refractivity contribution in [2.45, 2.75) is 28.5 Å². The average molecular weight is 332 g/mol. The van der Waals surface area contributed by atoms with Crippen LogP contribution in [0.25, 0.3) is 0 Å². The highest BCUT2D eigenvalue weighted by Crippen LogP contribution is 2.40. The summed E-state index contributed by atoms with van der Waals surface area (Å²) in [5.41, 5.74) is 0. The predicted octanol–water partition coefficient (Wildman–Crippen LogP) is 2.63. The van der Waals surface area contributed by atoms with Gasteiger partial charge in [0.2, 0.25) is 0 Å². The molecule has 2 unspecified atom stereocenters. The summed E-state index contributed by atoms with van der Waals surface area (Å²) in [4.78, 5) is 14.4. The van der Waals surface area contributed by atoms with E-state index in [0.29, 0.717) is 10.3 Å². The maximum Gasteiger partial charge on any atom is 0.373 e.